The minimum atomic E-state index is -0.572. The molecule has 12 heteroatoms. The third-order valence-electron chi connectivity index (χ3n) is 11.8. The lowest BCUT2D eigenvalue weighted by Gasteiger charge is -2.46. The van der Waals surface area contributed by atoms with Gasteiger partial charge in [0.2, 0.25) is 0 Å². The number of H-pyrrole nitrogens is 1. The first-order chi connectivity index (χ1) is 26.1. The lowest BCUT2D eigenvalue weighted by molar-refractivity contribution is -0.00312. The van der Waals surface area contributed by atoms with Crippen LogP contribution in [0.1, 0.15) is 77.8 Å². The molecule has 5 heterocycles. The summed E-state index contributed by atoms with van der Waals surface area (Å²) < 4.78 is 20.8. The first-order valence-electron chi connectivity index (χ1n) is 19.8. The van der Waals surface area contributed by atoms with Gasteiger partial charge in [-0.25, -0.2) is 23.9 Å². The van der Waals surface area contributed by atoms with Crippen LogP contribution in [0.25, 0.3) is 33.5 Å². The highest BCUT2D eigenvalue weighted by Gasteiger charge is 2.39. The zero-order chi connectivity index (χ0) is 39.1. The molecule has 7 rings (SSSR count). The van der Waals surface area contributed by atoms with Gasteiger partial charge in [-0.15, -0.1) is 0 Å². The Kier molecular flexibility index (Phi) is 10.9. The van der Waals surface area contributed by atoms with Crippen LogP contribution in [-0.2, 0) is 11.3 Å². The van der Waals surface area contributed by atoms with Gasteiger partial charge in [-0.1, -0.05) is 38.1 Å². The number of likely N-dealkylation sites (tertiary alicyclic amines) is 3. The smallest absolute Gasteiger partial charge is 0.410 e. The Morgan fingerprint density at radius 3 is 2.36 bits per heavy atom. The summed E-state index contributed by atoms with van der Waals surface area (Å²) >= 11 is 0. The zero-order valence-electron chi connectivity index (χ0n) is 33.1. The molecule has 2 aromatic carbocycles. The Hall–Kier alpha value is -4.55. The van der Waals surface area contributed by atoms with E-state index in [4.69, 9.17) is 4.74 Å². The fraction of sp³-hybridized carbons (Fsp3) is 0.535. The molecule has 4 aromatic rings. The minimum absolute atomic E-state index is 0.0232. The summed E-state index contributed by atoms with van der Waals surface area (Å²) in [6, 6.07) is 13.0. The lowest BCUT2D eigenvalue weighted by atomic mass is 9.71. The summed E-state index contributed by atoms with van der Waals surface area (Å²) in [4.78, 5) is 44.3. The predicted octanol–water partition coefficient (Wildman–Crippen LogP) is 8.22. The maximum atomic E-state index is 15.2. The molecule has 3 N–H and O–H groups in total. The van der Waals surface area contributed by atoms with Crippen molar-refractivity contribution >= 4 is 28.8 Å². The van der Waals surface area contributed by atoms with E-state index in [0.29, 0.717) is 46.0 Å². The average molecular weight is 754 g/mol. The van der Waals surface area contributed by atoms with Gasteiger partial charge in [0.1, 0.15) is 23.4 Å². The molecular weight excluding hydrogens is 698 g/mol. The van der Waals surface area contributed by atoms with Crippen LogP contribution in [-0.4, -0.2) is 97.9 Å². The van der Waals surface area contributed by atoms with Crippen molar-refractivity contribution in [2.45, 2.75) is 91.9 Å². The summed E-state index contributed by atoms with van der Waals surface area (Å²) in [5.74, 6) is -0.0477. The van der Waals surface area contributed by atoms with Gasteiger partial charge < -0.3 is 29.9 Å². The number of amides is 3. The summed E-state index contributed by atoms with van der Waals surface area (Å²) in [7, 11) is 0. The van der Waals surface area contributed by atoms with Crippen molar-refractivity contribution in [3.8, 4) is 22.5 Å². The molecule has 3 saturated heterocycles. The molecule has 2 aromatic heterocycles. The van der Waals surface area contributed by atoms with Gasteiger partial charge in [-0.2, -0.15) is 0 Å². The number of rotatable bonds is 7. The van der Waals surface area contributed by atoms with Gasteiger partial charge >= 0.3 is 12.1 Å². The third kappa shape index (κ3) is 8.80. The van der Waals surface area contributed by atoms with Crippen molar-refractivity contribution in [3.63, 3.8) is 0 Å². The van der Waals surface area contributed by atoms with Crippen LogP contribution >= 0.6 is 0 Å². The standard InChI is InChI=1S/C43H56FN7O4/c1-27(2)19-31-24-51(25-37(31)52)40(53)48-35-21-32(44)20-33(28(35)3)38-34-22-36(47-39(34)46-26-45-38)30-9-7-29(8-10-30)23-49-15-11-43(12-16-49)13-17-50(18-14-43)41(54)55-42(4,5)6/h7-10,20-22,26-27,31,37,52H,11-19,23-25H2,1-6H3,(H,48,53)(H,45,46,47)/t31-,37-/m1/s1. The highest BCUT2D eigenvalue weighted by Crippen LogP contribution is 2.42. The molecule has 0 radical (unpaired) electrons. The van der Waals surface area contributed by atoms with Crippen LogP contribution in [0.2, 0.25) is 0 Å². The van der Waals surface area contributed by atoms with E-state index < -0.39 is 17.5 Å². The first kappa shape index (κ1) is 38.7. The number of nitrogens with zero attached hydrogens (tertiary/aromatic N) is 5. The number of carbonyl (C=O) groups is 2. The number of benzene rings is 2. The van der Waals surface area contributed by atoms with E-state index in [2.05, 4.69) is 63.3 Å². The van der Waals surface area contributed by atoms with E-state index in [9.17, 15) is 14.7 Å². The fourth-order valence-corrected chi connectivity index (χ4v) is 8.64. The first-order valence-corrected chi connectivity index (χ1v) is 19.8. The quantitative estimate of drug-likeness (QED) is 0.174. The molecule has 0 saturated carbocycles. The third-order valence-corrected chi connectivity index (χ3v) is 11.8. The van der Waals surface area contributed by atoms with Crippen molar-refractivity contribution in [1.29, 1.82) is 0 Å². The molecule has 11 nitrogen and oxygen atoms in total. The molecule has 0 bridgehead atoms. The largest absolute Gasteiger partial charge is 0.444 e. The van der Waals surface area contributed by atoms with Crippen molar-refractivity contribution in [3.05, 3.63) is 65.7 Å². The molecule has 3 aliphatic heterocycles. The monoisotopic (exact) mass is 753 g/mol. The second-order valence-electron chi connectivity index (χ2n) is 17.5. The molecule has 3 fully saturated rings. The Bertz CT molecular complexity index is 2010. The number of aliphatic hydroxyl groups excluding tert-OH is 1. The fourth-order valence-electron chi connectivity index (χ4n) is 8.64. The second-order valence-corrected chi connectivity index (χ2v) is 17.5. The van der Waals surface area contributed by atoms with Gasteiger partial charge in [0.25, 0.3) is 0 Å². The maximum absolute atomic E-state index is 15.2. The number of aromatic nitrogens is 3. The number of hydrogen-bond acceptors (Lipinski definition) is 7. The number of aliphatic hydroxyl groups is 1. The minimum Gasteiger partial charge on any atom is -0.444 e. The molecule has 294 valence electrons. The summed E-state index contributed by atoms with van der Waals surface area (Å²) in [5, 5.41) is 14.2. The van der Waals surface area contributed by atoms with E-state index in [1.54, 1.807) is 4.90 Å². The van der Waals surface area contributed by atoms with Gasteiger partial charge in [0, 0.05) is 61.0 Å². The lowest BCUT2D eigenvalue weighted by Crippen LogP contribution is -2.49. The molecule has 2 atom stereocenters. The van der Waals surface area contributed by atoms with E-state index in [-0.39, 0.29) is 24.6 Å². The van der Waals surface area contributed by atoms with E-state index in [0.717, 1.165) is 81.5 Å². The Morgan fingerprint density at radius 2 is 1.69 bits per heavy atom. The van der Waals surface area contributed by atoms with Crippen LogP contribution in [0.5, 0.6) is 0 Å². The zero-order valence-corrected chi connectivity index (χ0v) is 33.1. The highest BCUT2D eigenvalue weighted by atomic mass is 19.1. The summed E-state index contributed by atoms with van der Waals surface area (Å²) in [5.41, 5.74) is 5.82. The number of nitrogens with one attached hydrogen (secondary N) is 2. The maximum Gasteiger partial charge on any atom is 0.410 e. The Balaban J connectivity index is 0.991. The van der Waals surface area contributed by atoms with Crippen LogP contribution < -0.4 is 5.32 Å². The van der Waals surface area contributed by atoms with Crippen molar-refractivity contribution in [2.75, 3.05) is 44.6 Å². The van der Waals surface area contributed by atoms with Crippen molar-refractivity contribution in [1.82, 2.24) is 29.7 Å². The number of piperidine rings is 2. The molecule has 0 aliphatic carbocycles. The SMILES string of the molecule is Cc1c(NC(=O)N2C[C@@H](CC(C)C)[C@H](O)C2)cc(F)cc1-c1ncnc2[nH]c(-c3ccc(CN4CCC5(CC4)CCN(C(=O)OC(C)(C)C)CC5)cc3)cc12. The number of aromatic amines is 1. The van der Waals surface area contributed by atoms with Crippen molar-refractivity contribution in [2.24, 2.45) is 17.3 Å². The van der Waals surface area contributed by atoms with E-state index in [1.165, 1.54) is 24.0 Å². The molecule has 3 aliphatic rings. The Labute approximate surface area is 323 Å². The Morgan fingerprint density at radius 1 is 1.00 bits per heavy atom. The number of ether oxygens (including phenoxy) is 1. The number of anilines is 1. The summed E-state index contributed by atoms with van der Waals surface area (Å²) in [6.45, 7) is 17.0. The van der Waals surface area contributed by atoms with E-state index in [1.807, 2.05) is 38.7 Å². The van der Waals surface area contributed by atoms with Crippen LogP contribution in [0.15, 0.2) is 48.8 Å². The number of fused-ring (bicyclic) bond motifs is 1. The highest BCUT2D eigenvalue weighted by molar-refractivity contribution is 5.97. The second kappa shape index (κ2) is 15.5. The molecule has 1 spiro atoms. The number of hydrogen-bond donors (Lipinski definition) is 3. The predicted molar refractivity (Wildman–Crippen MR) is 213 cm³/mol. The van der Waals surface area contributed by atoms with Crippen LogP contribution in [0, 0.1) is 30.0 Å². The average Bonchev–Trinajstić information content (AvgIpc) is 3.74. The molecule has 3 amide bonds. The number of halogens is 1. The number of carbonyl (C=O) groups excluding carboxylic acids is 2. The topological polar surface area (TPSA) is 127 Å². The van der Waals surface area contributed by atoms with Gasteiger partial charge in [-0.05, 0) is 119 Å². The molecule has 0 unspecified atom stereocenters. The normalized spacial score (nSPS) is 20.5. The van der Waals surface area contributed by atoms with Crippen LogP contribution in [0.3, 0.4) is 0 Å². The van der Waals surface area contributed by atoms with E-state index >= 15 is 4.39 Å². The van der Waals surface area contributed by atoms with Gasteiger partial charge in [0.15, 0.2) is 0 Å². The number of β-amino-alcohol motifs (C(OH)–C–C–N with tert-alkyl or cyclic N) is 1. The summed E-state index contributed by atoms with van der Waals surface area (Å²) in [6.07, 6.45) is 5.89. The van der Waals surface area contributed by atoms with Gasteiger partial charge in [0.05, 0.1) is 11.8 Å². The van der Waals surface area contributed by atoms with Crippen LogP contribution in [0.4, 0.5) is 19.7 Å². The molecular formula is C43H56FN7O4. The van der Waals surface area contributed by atoms with Crippen molar-refractivity contribution < 1.29 is 23.8 Å². The molecule has 55 heavy (non-hydrogen) atoms. The van der Waals surface area contributed by atoms with Gasteiger partial charge in [-0.3, -0.25) is 4.90 Å². The number of urea groups is 1.